The van der Waals surface area contributed by atoms with Gasteiger partial charge in [0.25, 0.3) is 5.22 Å². The normalized spacial score (nSPS) is 11.7. The topological polar surface area (TPSA) is 103 Å². The number of carbonyl (C=O) groups excluding carboxylic acids is 1. The fourth-order valence-electron chi connectivity index (χ4n) is 2.19. The maximum atomic E-state index is 12.5. The van der Waals surface area contributed by atoms with Gasteiger partial charge in [-0.3, -0.25) is 4.79 Å². The Morgan fingerprint density at radius 2 is 1.81 bits per heavy atom. The van der Waals surface area contributed by atoms with E-state index in [1.165, 1.54) is 16.4 Å². The van der Waals surface area contributed by atoms with E-state index in [0.29, 0.717) is 25.3 Å². The first-order chi connectivity index (χ1) is 12.4. The molecule has 0 aliphatic heterocycles. The number of ether oxygens (including phenoxy) is 1. The molecule has 2 aromatic rings. The molecule has 8 nitrogen and oxygen atoms in total. The van der Waals surface area contributed by atoms with Gasteiger partial charge in [-0.15, -0.1) is 10.2 Å². The first kappa shape index (κ1) is 20.4. The molecule has 0 fully saturated rings. The van der Waals surface area contributed by atoms with Crippen LogP contribution >= 0.6 is 11.8 Å². The van der Waals surface area contributed by atoms with E-state index >= 15 is 0 Å². The molecule has 2 rings (SSSR count). The number of sulfonamides is 1. The summed E-state index contributed by atoms with van der Waals surface area (Å²) >= 11 is 1.08. The average Bonchev–Trinajstić information content (AvgIpc) is 3.10. The molecular formula is C16H21N3O5S2. The highest BCUT2D eigenvalue weighted by molar-refractivity contribution is 7.99. The quantitative estimate of drug-likeness (QED) is 0.468. The number of esters is 1. The number of benzene rings is 1. The minimum absolute atomic E-state index is 0.0799. The predicted octanol–water partition coefficient (Wildman–Crippen LogP) is 2.42. The van der Waals surface area contributed by atoms with Gasteiger partial charge in [-0.1, -0.05) is 25.6 Å². The highest BCUT2D eigenvalue weighted by Gasteiger charge is 2.21. The summed E-state index contributed by atoms with van der Waals surface area (Å²) in [6.07, 6.45) is 0. The van der Waals surface area contributed by atoms with E-state index in [2.05, 4.69) is 10.2 Å². The van der Waals surface area contributed by atoms with Crippen molar-refractivity contribution in [3.05, 3.63) is 24.3 Å². The van der Waals surface area contributed by atoms with E-state index in [0.717, 1.165) is 11.8 Å². The lowest BCUT2D eigenvalue weighted by atomic mass is 10.2. The molecule has 0 radical (unpaired) electrons. The molecule has 0 aliphatic rings. The second kappa shape index (κ2) is 9.15. The zero-order chi connectivity index (χ0) is 19.2. The van der Waals surface area contributed by atoms with E-state index in [9.17, 15) is 13.2 Å². The molecule has 26 heavy (non-hydrogen) atoms. The molecule has 0 atom stereocenters. The van der Waals surface area contributed by atoms with Crippen LogP contribution in [0.15, 0.2) is 38.8 Å². The van der Waals surface area contributed by atoms with Gasteiger partial charge in [0, 0.05) is 18.7 Å². The molecule has 0 spiro atoms. The van der Waals surface area contributed by atoms with Crippen molar-refractivity contribution in [3.63, 3.8) is 0 Å². The Morgan fingerprint density at radius 1 is 1.15 bits per heavy atom. The summed E-state index contributed by atoms with van der Waals surface area (Å²) in [5.74, 6) is -0.0253. The zero-order valence-corrected chi connectivity index (χ0v) is 16.5. The predicted molar refractivity (Wildman–Crippen MR) is 97.2 cm³/mol. The van der Waals surface area contributed by atoms with Crippen molar-refractivity contribution in [2.45, 2.75) is 30.9 Å². The van der Waals surface area contributed by atoms with E-state index in [4.69, 9.17) is 9.15 Å². The number of hydrogen-bond acceptors (Lipinski definition) is 8. The number of carbonyl (C=O) groups is 1. The summed E-state index contributed by atoms with van der Waals surface area (Å²) in [4.78, 5) is 11.5. The Kier molecular flexibility index (Phi) is 7.18. The summed E-state index contributed by atoms with van der Waals surface area (Å²) in [5.41, 5.74) is 0.596. The van der Waals surface area contributed by atoms with Gasteiger partial charge in [0.2, 0.25) is 15.9 Å². The van der Waals surface area contributed by atoms with Gasteiger partial charge in [0.1, 0.15) is 5.75 Å². The van der Waals surface area contributed by atoms with Crippen molar-refractivity contribution in [2.75, 3.05) is 25.4 Å². The standard InChI is InChI=1S/C16H21N3O5S2/c1-4-19(5-2)26(21,22)13-9-7-12(8-10-13)15-17-18-16(24-15)25-11-14(20)23-6-3/h7-10H,4-6,11H2,1-3H3. The van der Waals surface area contributed by atoms with Crippen molar-refractivity contribution in [1.29, 1.82) is 0 Å². The summed E-state index contributed by atoms with van der Waals surface area (Å²) < 4.78 is 36.7. The lowest BCUT2D eigenvalue weighted by Gasteiger charge is -2.18. The second-order valence-corrected chi connectivity index (χ2v) is 7.95. The molecule has 0 unspecified atom stereocenters. The molecule has 1 heterocycles. The fourth-order valence-corrected chi connectivity index (χ4v) is 4.21. The van der Waals surface area contributed by atoms with Crippen LogP contribution in [0.25, 0.3) is 11.5 Å². The first-order valence-electron chi connectivity index (χ1n) is 8.14. The average molecular weight is 399 g/mol. The van der Waals surface area contributed by atoms with Crippen LogP contribution in [-0.2, 0) is 19.6 Å². The Bertz CT molecular complexity index is 830. The summed E-state index contributed by atoms with van der Waals surface area (Å²) in [5, 5.41) is 8.03. The molecule has 0 saturated carbocycles. The highest BCUT2D eigenvalue weighted by atomic mass is 32.2. The number of hydrogen-bond donors (Lipinski definition) is 0. The number of rotatable bonds is 9. The maximum absolute atomic E-state index is 12.5. The largest absolute Gasteiger partial charge is 0.465 e. The molecule has 142 valence electrons. The molecule has 0 N–H and O–H groups in total. The summed E-state index contributed by atoms with van der Waals surface area (Å²) in [6.45, 7) is 6.46. The van der Waals surface area contributed by atoms with Crippen LogP contribution in [0.5, 0.6) is 0 Å². The molecule has 0 saturated heterocycles. The van der Waals surface area contributed by atoms with Gasteiger partial charge in [-0.25, -0.2) is 8.42 Å². The Balaban J connectivity index is 2.11. The third kappa shape index (κ3) is 4.83. The summed E-state index contributed by atoms with van der Waals surface area (Å²) in [6, 6.07) is 6.25. The van der Waals surface area contributed by atoms with Gasteiger partial charge in [0.05, 0.1) is 11.5 Å². The maximum Gasteiger partial charge on any atom is 0.316 e. The van der Waals surface area contributed by atoms with Crippen molar-refractivity contribution in [1.82, 2.24) is 14.5 Å². The van der Waals surface area contributed by atoms with Gasteiger partial charge < -0.3 is 9.15 Å². The van der Waals surface area contributed by atoms with Crippen molar-refractivity contribution in [3.8, 4) is 11.5 Å². The van der Waals surface area contributed by atoms with Crippen LogP contribution < -0.4 is 0 Å². The van der Waals surface area contributed by atoms with Gasteiger partial charge in [-0.05, 0) is 31.2 Å². The van der Waals surface area contributed by atoms with Crippen molar-refractivity contribution >= 4 is 27.8 Å². The first-order valence-corrected chi connectivity index (χ1v) is 10.6. The van der Waals surface area contributed by atoms with E-state index in [1.54, 1.807) is 32.9 Å². The minimum atomic E-state index is -3.51. The van der Waals surface area contributed by atoms with Crippen LogP contribution in [0.4, 0.5) is 0 Å². The third-order valence-electron chi connectivity index (χ3n) is 3.47. The Morgan fingerprint density at radius 3 is 2.38 bits per heavy atom. The monoisotopic (exact) mass is 399 g/mol. The van der Waals surface area contributed by atoms with Gasteiger partial charge >= 0.3 is 5.97 Å². The van der Waals surface area contributed by atoms with E-state index in [-0.39, 0.29) is 27.7 Å². The lowest BCUT2D eigenvalue weighted by molar-refractivity contribution is -0.139. The smallest absolute Gasteiger partial charge is 0.316 e. The van der Waals surface area contributed by atoms with E-state index in [1.807, 2.05) is 0 Å². The van der Waals surface area contributed by atoms with Crippen LogP contribution in [-0.4, -0.2) is 54.3 Å². The van der Waals surface area contributed by atoms with E-state index < -0.39 is 10.0 Å². The minimum Gasteiger partial charge on any atom is -0.465 e. The highest BCUT2D eigenvalue weighted by Crippen LogP contribution is 2.25. The van der Waals surface area contributed by atoms with Crippen molar-refractivity contribution < 1.29 is 22.4 Å². The van der Waals surface area contributed by atoms with Crippen LogP contribution in [0.2, 0.25) is 0 Å². The Labute approximate surface area is 157 Å². The molecule has 1 aromatic carbocycles. The van der Waals surface area contributed by atoms with Crippen LogP contribution in [0, 0.1) is 0 Å². The molecule has 0 aliphatic carbocycles. The summed E-state index contributed by atoms with van der Waals surface area (Å²) in [7, 11) is -3.51. The number of nitrogens with zero attached hydrogens (tertiary/aromatic N) is 3. The number of aromatic nitrogens is 2. The van der Waals surface area contributed by atoms with Crippen molar-refractivity contribution in [2.24, 2.45) is 0 Å². The molecule has 0 bridgehead atoms. The third-order valence-corrected chi connectivity index (χ3v) is 6.33. The Hall–Kier alpha value is -1.91. The lowest BCUT2D eigenvalue weighted by Crippen LogP contribution is -2.30. The molecule has 0 amide bonds. The number of thioether (sulfide) groups is 1. The molecule has 1 aromatic heterocycles. The molecular weight excluding hydrogens is 378 g/mol. The van der Waals surface area contributed by atoms with Gasteiger partial charge in [-0.2, -0.15) is 4.31 Å². The SMILES string of the molecule is CCOC(=O)CSc1nnc(-c2ccc(S(=O)(=O)N(CC)CC)cc2)o1. The zero-order valence-electron chi connectivity index (χ0n) is 14.8. The fraction of sp³-hybridized carbons (Fsp3) is 0.438. The van der Waals surface area contributed by atoms with Gasteiger partial charge in [0.15, 0.2) is 0 Å². The van der Waals surface area contributed by atoms with Crippen LogP contribution in [0.3, 0.4) is 0 Å². The second-order valence-electron chi connectivity index (χ2n) is 5.08. The molecule has 10 heteroatoms. The van der Waals surface area contributed by atoms with Crippen LogP contribution in [0.1, 0.15) is 20.8 Å².